The Hall–Kier alpha value is -2.41. The van der Waals surface area contributed by atoms with Crippen molar-refractivity contribution in [3.8, 4) is 22.3 Å². The third-order valence-corrected chi connectivity index (χ3v) is 4.13. The van der Waals surface area contributed by atoms with Gasteiger partial charge in [0, 0.05) is 11.3 Å². The van der Waals surface area contributed by atoms with Crippen LogP contribution in [0.3, 0.4) is 0 Å². The number of nitrogens with zero attached hydrogens (tertiary/aromatic N) is 1. The molecule has 3 aromatic rings. The molecule has 0 aliphatic carbocycles. The zero-order valence-electron chi connectivity index (χ0n) is 13.8. The lowest BCUT2D eigenvalue weighted by Gasteiger charge is -2.18. The van der Waals surface area contributed by atoms with Crippen molar-refractivity contribution in [3.63, 3.8) is 0 Å². The number of aromatic nitrogens is 1. The normalized spacial score (nSPS) is 10.7. The van der Waals surface area contributed by atoms with Crippen LogP contribution in [0.2, 0.25) is 0 Å². The molecule has 0 atom stereocenters. The fourth-order valence-corrected chi connectivity index (χ4v) is 3.07. The Bertz CT molecular complexity index is 761. The highest BCUT2D eigenvalue weighted by Crippen LogP contribution is 2.37. The van der Waals surface area contributed by atoms with Gasteiger partial charge in [-0.25, -0.2) is 0 Å². The summed E-state index contributed by atoms with van der Waals surface area (Å²) in [4.78, 5) is 4.65. The van der Waals surface area contributed by atoms with Gasteiger partial charge in [-0.05, 0) is 35.1 Å². The van der Waals surface area contributed by atoms with E-state index >= 15 is 0 Å². The Kier molecular flexibility index (Phi) is 4.87. The first-order valence-electron chi connectivity index (χ1n) is 8.39. The van der Waals surface area contributed by atoms with Crippen molar-refractivity contribution in [1.82, 2.24) is 4.98 Å². The van der Waals surface area contributed by atoms with Gasteiger partial charge in [-0.15, -0.1) is 0 Å². The summed E-state index contributed by atoms with van der Waals surface area (Å²) in [5, 5.41) is 0. The van der Waals surface area contributed by atoms with Crippen molar-refractivity contribution in [2.24, 2.45) is 0 Å². The van der Waals surface area contributed by atoms with Crippen molar-refractivity contribution in [1.29, 1.82) is 0 Å². The van der Waals surface area contributed by atoms with E-state index in [1.807, 2.05) is 0 Å². The predicted octanol–water partition coefficient (Wildman–Crippen LogP) is 5.73. The first-order chi connectivity index (χ1) is 11.3. The number of aryl methyl sites for hydroxylation is 2. The number of rotatable bonds is 5. The maximum atomic E-state index is 4.65. The molecule has 0 amide bonds. The minimum absolute atomic E-state index is 0.910. The minimum atomic E-state index is 0.910. The quantitative estimate of drug-likeness (QED) is 0.586. The Morgan fingerprint density at radius 2 is 1.35 bits per heavy atom. The highest BCUT2D eigenvalue weighted by atomic mass is 14.7. The largest absolute Gasteiger partial charge is 0.250 e. The maximum Gasteiger partial charge on any atom is 0.0931 e. The average molecular weight is 300 g/mol. The molecule has 0 bridgehead atoms. The molecule has 115 valence electrons. The molecular weight excluding hydrogens is 278 g/mol. The van der Waals surface area contributed by atoms with Crippen LogP contribution in [0, 0.1) is 6.20 Å². The van der Waals surface area contributed by atoms with Crippen molar-refractivity contribution in [2.45, 2.75) is 33.1 Å². The van der Waals surface area contributed by atoms with Crippen molar-refractivity contribution < 1.29 is 0 Å². The number of benzene rings is 2. The van der Waals surface area contributed by atoms with Crippen LogP contribution in [-0.4, -0.2) is 4.98 Å². The zero-order chi connectivity index (χ0) is 16.1. The number of hydrogen-bond acceptors (Lipinski definition) is 1. The van der Waals surface area contributed by atoms with Crippen LogP contribution >= 0.6 is 0 Å². The molecule has 1 heterocycles. The molecule has 2 aromatic carbocycles. The van der Waals surface area contributed by atoms with Gasteiger partial charge >= 0.3 is 0 Å². The number of pyridine rings is 1. The van der Waals surface area contributed by atoms with Crippen LogP contribution in [0.4, 0.5) is 0 Å². The Balaban J connectivity index is 2.32. The zero-order valence-corrected chi connectivity index (χ0v) is 13.8. The molecule has 1 radical (unpaired) electrons. The SMILES string of the molecule is CCCc1[c]nc(CC)c(-c2ccccc2)c1-c1ccccc1. The van der Waals surface area contributed by atoms with Gasteiger partial charge in [0.15, 0.2) is 0 Å². The number of hydrogen-bond donors (Lipinski definition) is 0. The fourth-order valence-electron chi connectivity index (χ4n) is 3.07. The molecule has 3 rings (SSSR count). The summed E-state index contributed by atoms with van der Waals surface area (Å²) < 4.78 is 0. The smallest absolute Gasteiger partial charge is 0.0931 e. The second kappa shape index (κ2) is 7.23. The summed E-state index contributed by atoms with van der Waals surface area (Å²) in [7, 11) is 0. The van der Waals surface area contributed by atoms with Crippen LogP contribution in [0.15, 0.2) is 60.7 Å². The monoisotopic (exact) mass is 300 g/mol. The van der Waals surface area contributed by atoms with E-state index in [2.05, 4.69) is 85.7 Å². The summed E-state index contributed by atoms with van der Waals surface area (Å²) in [5.41, 5.74) is 7.39. The van der Waals surface area contributed by atoms with Gasteiger partial charge in [0.1, 0.15) is 0 Å². The van der Waals surface area contributed by atoms with Crippen molar-refractivity contribution in [2.75, 3.05) is 0 Å². The molecule has 0 spiro atoms. The fraction of sp³-hybridized carbons (Fsp3) is 0.227. The molecule has 0 aliphatic rings. The van der Waals surface area contributed by atoms with E-state index in [4.69, 9.17) is 0 Å². The van der Waals surface area contributed by atoms with Crippen LogP contribution in [0.1, 0.15) is 31.5 Å². The highest BCUT2D eigenvalue weighted by Gasteiger charge is 2.17. The molecule has 23 heavy (non-hydrogen) atoms. The van der Waals surface area contributed by atoms with Gasteiger partial charge in [-0.1, -0.05) is 80.9 Å². The molecule has 0 saturated carbocycles. The molecule has 1 nitrogen and oxygen atoms in total. The Morgan fingerprint density at radius 3 is 1.87 bits per heavy atom. The van der Waals surface area contributed by atoms with Crippen molar-refractivity contribution in [3.05, 3.63) is 78.1 Å². The molecule has 1 aromatic heterocycles. The maximum absolute atomic E-state index is 4.65. The molecule has 1 heteroatoms. The Morgan fingerprint density at radius 1 is 0.783 bits per heavy atom. The standard InChI is InChI=1S/C22H22N/c1-3-11-19-16-23-20(4-2)22(18-14-9-6-10-15-18)21(19)17-12-7-5-8-13-17/h5-10,12-15H,3-4,11H2,1-2H3. The van der Waals surface area contributed by atoms with Gasteiger partial charge in [0.25, 0.3) is 0 Å². The molecule has 0 saturated heterocycles. The first-order valence-corrected chi connectivity index (χ1v) is 8.39. The summed E-state index contributed by atoms with van der Waals surface area (Å²) in [6.07, 6.45) is 6.32. The van der Waals surface area contributed by atoms with E-state index in [1.54, 1.807) is 0 Å². The third-order valence-electron chi connectivity index (χ3n) is 4.13. The van der Waals surface area contributed by atoms with Crippen molar-refractivity contribution >= 4 is 0 Å². The van der Waals surface area contributed by atoms with Gasteiger partial charge in [-0.3, -0.25) is 4.98 Å². The van der Waals surface area contributed by atoms with Crippen LogP contribution < -0.4 is 0 Å². The second-order valence-electron chi connectivity index (χ2n) is 5.73. The molecule has 0 fully saturated rings. The summed E-state index contributed by atoms with van der Waals surface area (Å²) in [6, 6.07) is 21.3. The molecule has 0 aliphatic heterocycles. The lowest BCUT2D eigenvalue weighted by atomic mass is 9.88. The van der Waals surface area contributed by atoms with E-state index in [0.29, 0.717) is 0 Å². The van der Waals surface area contributed by atoms with Crippen LogP contribution in [-0.2, 0) is 12.8 Å². The van der Waals surface area contributed by atoms with E-state index in [-0.39, 0.29) is 0 Å². The van der Waals surface area contributed by atoms with Crippen LogP contribution in [0.5, 0.6) is 0 Å². The van der Waals surface area contributed by atoms with E-state index in [0.717, 1.165) is 25.0 Å². The lowest BCUT2D eigenvalue weighted by molar-refractivity contribution is 0.904. The van der Waals surface area contributed by atoms with E-state index in [1.165, 1.54) is 27.8 Å². The second-order valence-corrected chi connectivity index (χ2v) is 5.73. The van der Waals surface area contributed by atoms with Gasteiger partial charge in [0.2, 0.25) is 0 Å². The molecular formula is C22H22N. The Labute approximate surface area is 139 Å². The lowest BCUT2D eigenvalue weighted by Crippen LogP contribution is -2.01. The minimum Gasteiger partial charge on any atom is -0.250 e. The average Bonchev–Trinajstić information content (AvgIpc) is 2.63. The predicted molar refractivity (Wildman–Crippen MR) is 97.3 cm³/mol. The van der Waals surface area contributed by atoms with Crippen LogP contribution in [0.25, 0.3) is 22.3 Å². The first kappa shape index (κ1) is 15.5. The van der Waals surface area contributed by atoms with Gasteiger partial charge in [0.05, 0.1) is 6.20 Å². The summed E-state index contributed by atoms with van der Waals surface area (Å²) >= 11 is 0. The van der Waals surface area contributed by atoms with E-state index in [9.17, 15) is 0 Å². The van der Waals surface area contributed by atoms with Gasteiger partial charge < -0.3 is 0 Å². The molecule has 0 N–H and O–H groups in total. The summed E-state index contributed by atoms with van der Waals surface area (Å²) in [5.74, 6) is 0. The van der Waals surface area contributed by atoms with E-state index < -0.39 is 0 Å². The highest BCUT2D eigenvalue weighted by molar-refractivity contribution is 5.86. The molecule has 0 unspecified atom stereocenters. The summed E-state index contributed by atoms with van der Waals surface area (Å²) in [6.45, 7) is 4.37. The topological polar surface area (TPSA) is 12.9 Å². The van der Waals surface area contributed by atoms with Gasteiger partial charge in [-0.2, -0.15) is 0 Å². The third kappa shape index (κ3) is 3.19.